The summed E-state index contributed by atoms with van der Waals surface area (Å²) in [4.78, 5) is 12.0. The molecule has 1 atom stereocenters. The van der Waals surface area contributed by atoms with Crippen LogP contribution in [0.15, 0.2) is 0 Å². The maximum atomic E-state index is 12.0. The van der Waals surface area contributed by atoms with E-state index in [0.717, 1.165) is 12.8 Å². The van der Waals surface area contributed by atoms with Gasteiger partial charge in [0, 0.05) is 18.3 Å². The van der Waals surface area contributed by atoms with Crippen LogP contribution in [0.3, 0.4) is 0 Å². The van der Waals surface area contributed by atoms with Crippen molar-refractivity contribution in [2.24, 2.45) is 5.41 Å². The quantitative estimate of drug-likeness (QED) is 0.646. The summed E-state index contributed by atoms with van der Waals surface area (Å²) >= 11 is 0. The zero-order chi connectivity index (χ0) is 12.1. The lowest BCUT2D eigenvalue weighted by Gasteiger charge is -2.51. The van der Waals surface area contributed by atoms with Crippen LogP contribution >= 0.6 is 0 Å². The Hall–Kier alpha value is -0.450. The first-order valence-electron chi connectivity index (χ1n) is 6.45. The summed E-state index contributed by atoms with van der Waals surface area (Å²) in [5.41, 5.74) is -0.730. The molecule has 2 saturated heterocycles. The Kier molecular flexibility index (Phi) is 2.41. The van der Waals surface area contributed by atoms with E-state index in [1.54, 1.807) is 0 Å². The molecule has 0 radical (unpaired) electrons. The van der Waals surface area contributed by atoms with Crippen LogP contribution in [0.4, 0.5) is 0 Å². The van der Waals surface area contributed by atoms with Crippen molar-refractivity contribution < 1.29 is 19.0 Å². The van der Waals surface area contributed by atoms with E-state index < -0.39 is 11.4 Å². The summed E-state index contributed by atoms with van der Waals surface area (Å²) < 4.78 is 17.5. The molecule has 17 heavy (non-hydrogen) atoms. The van der Waals surface area contributed by atoms with E-state index in [2.05, 4.69) is 13.8 Å². The molecule has 3 rings (SSSR count). The number of carbonyl (C=O) groups excluding carboxylic acids is 1. The minimum Gasteiger partial charge on any atom is -0.367 e. The van der Waals surface area contributed by atoms with E-state index in [-0.39, 0.29) is 11.2 Å². The highest BCUT2D eigenvalue weighted by molar-refractivity contribution is 5.89. The molecule has 96 valence electrons. The molecule has 4 heteroatoms. The molecule has 1 saturated carbocycles. The van der Waals surface area contributed by atoms with Crippen molar-refractivity contribution in [1.82, 2.24) is 0 Å². The molecule has 3 aliphatic rings. The first-order valence-corrected chi connectivity index (χ1v) is 6.45. The number of ether oxygens (including phenoxy) is 3. The lowest BCUT2D eigenvalue weighted by Crippen LogP contribution is -2.57. The van der Waals surface area contributed by atoms with Crippen LogP contribution in [0.5, 0.6) is 0 Å². The van der Waals surface area contributed by atoms with Crippen molar-refractivity contribution in [1.29, 1.82) is 0 Å². The zero-order valence-electron chi connectivity index (χ0n) is 10.6. The molecule has 0 aromatic carbocycles. The van der Waals surface area contributed by atoms with Crippen LogP contribution in [0.2, 0.25) is 0 Å². The van der Waals surface area contributed by atoms with Gasteiger partial charge in [-0.2, -0.15) is 0 Å². The third-order valence-corrected chi connectivity index (χ3v) is 4.59. The molecule has 0 amide bonds. The smallest absolute Gasteiger partial charge is 0.173 e. The average molecular weight is 240 g/mol. The third-order valence-electron chi connectivity index (χ3n) is 4.59. The predicted octanol–water partition coefficient (Wildman–Crippen LogP) is 1.67. The first kappa shape index (κ1) is 11.6. The third kappa shape index (κ3) is 1.51. The standard InChI is InChI=1S/C13H20O4/c1-11(2)9-12(10(14)3-6-15-12)4-5-13(11)16-7-8-17-13/h3-9H2,1-2H3. The maximum Gasteiger partial charge on any atom is 0.173 e. The van der Waals surface area contributed by atoms with Gasteiger partial charge in [0.25, 0.3) is 0 Å². The van der Waals surface area contributed by atoms with Crippen molar-refractivity contribution in [3.8, 4) is 0 Å². The SMILES string of the molecule is CC1(C)CC2(CCC13OCCO3)OCCC2=O. The predicted molar refractivity (Wildman–Crippen MR) is 60.6 cm³/mol. The summed E-state index contributed by atoms with van der Waals surface area (Å²) in [6, 6.07) is 0. The molecule has 2 heterocycles. The number of carbonyl (C=O) groups is 1. The molecule has 3 fully saturated rings. The number of hydrogen-bond acceptors (Lipinski definition) is 4. The first-order chi connectivity index (χ1) is 8.00. The second kappa shape index (κ2) is 3.53. The Bertz CT molecular complexity index is 343. The van der Waals surface area contributed by atoms with E-state index in [1.165, 1.54) is 0 Å². The molecule has 0 aromatic heterocycles. The zero-order valence-corrected chi connectivity index (χ0v) is 10.6. The summed E-state index contributed by atoms with van der Waals surface area (Å²) in [6.07, 6.45) is 2.75. The Labute approximate surface area is 102 Å². The Morgan fingerprint density at radius 3 is 2.24 bits per heavy atom. The second-order valence-electron chi connectivity index (χ2n) is 6.03. The molecule has 4 nitrogen and oxygen atoms in total. The Morgan fingerprint density at radius 1 is 1.00 bits per heavy atom. The normalized spacial score (nSPS) is 39.3. The van der Waals surface area contributed by atoms with Gasteiger partial charge in [-0.1, -0.05) is 13.8 Å². The molecule has 2 aliphatic heterocycles. The monoisotopic (exact) mass is 240 g/mol. The van der Waals surface area contributed by atoms with Gasteiger partial charge in [0.2, 0.25) is 0 Å². The van der Waals surface area contributed by atoms with Crippen molar-refractivity contribution in [3.05, 3.63) is 0 Å². The molecular weight excluding hydrogens is 220 g/mol. The largest absolute Gasteiger partial charge is 0.367 e. The van der Waals surface area contributed by atoms with E-state index in [4.69, 9.17) is 14.2 Å². The number of ketones is 1. The molecule has 2 spiro atoms. The molecule has 0 aromatic rings. The highest BCUT2D eigenvalue weighted by Gasteiger charge is 2.61. The maximum absolute atomic E-state index is 12.0. The van der Waals surface area contributed by atoms with Gasteiger partial charge < -0.3 is 14.2 Å². The molecule has 0 bridgehead atoms. The number of hydrogen-bond donors (Lipinski definition) is 0. The van der Waals surface area contributed by atoms with E-state index >= 15 is 0 Å². The van der Waals surface area contributed by atoms with Gasteiger partial charge in [0.15, 0.2) is 11.6 Å². The van der Waals surface area contributed by atoms with E-state index in [0.29, 0.717) is 32.7 Å². The van der Waals surface area contributed by atoms with Crippen LogP contribution in [0.1, 0.15) is 39.5 Å². The van der Waals surface area contributed by atoms with Gasteiger partial charge in [-0.05, 0) is 12.8 Å². The van der Waals surface area contributed by atoms with Crippen LogP contribution < -0.4 is 0 Å². The summed E-state index contributed by atoms with van der Waals surface area (Å²) in [5, 5.41) is 0. The Morgan fingerprint density at radius 2 is 1.71 bits per heavy atom. The van der Waals surface area contributed by atoms with Crippen molar-refractivity contribution >= 4 is 5.78 Å². The number of Topliss-reactive ketones (excluding diaryl/α,β-unsaturated/α-hetero) is 1. The highest BCUT2D eigenvalue weighted by Crippen LogP contribution is 2.54. The van der Waals surface area contributed by atoms with Gasteiger partial charge in [-0.3, -0.25) is 4.79 Å². The fraction of sp³-hybridized carbons (Fsp3) is 0.923. The molecular formula is C13H20O4. The van der Waals surface area contributed by atoms with Crippen LogP contribution in [0, 0.1) is 5.41 Å². The van der Waals surface area contributed by atoms with Gasteiger partial charge in [0.05, 0.1) is 19.8 Å². The Balaban J connectivity index is 1.88. The topological polar surface area (TPSA) is 44.8 Å². The second-order valence-corrected chi connectivity index (χ2v) is 6.03. The van der Waals surface area contributed by atoms with Gasteiger partial charge >= 0.3 is 0 Å². The van der Waals surface area contributed by atoms with Crippen molar-refractivity contribution in [2.45, 2.75) is 50.9 Å². The van der Waals surface area contributed by atoms with Crippen LogP contribution in [-0.4, -0.2) is 37.0 Å². The van der Waals surface area contributed by atoms with E-state index in [1.807, 2.05) is 0 Å². The highest BCUT2D eigenvalue weighted by atomic mass is 16.7. The summed E-state index contributed by atoms with van der Waals surface area (Å²) in [5.74, 6) is -0.233. The van der Waals surface area contributed by atoms with Crippen molar-refractivity contribution in [3.63, 3.8) is 0 Å². The van der Waals surface area contributed by atoms with E-state index in [9.17, 15) is 4.79 Å². The van der Waals surface area contributed by atoms with Gasteiger partial charge in [-0.25, -0.2) is 0 Å². The van der Waals surface area contributed by atoms with Crippen LogP contribution in [0.25, 0.3) is 0 Å². The fourth-order valence-corrected chi connectivity index (χ4v) is 3.64. The van der Waals surface area contributed by atoms with Gasteiger partial charge in [0.1, 0.15) is 5.60 Å². The number of rotatable bonds is 0. The minimum absolute atomic E-state index is 0.179. The molecule has 1 aliphatic carbocycles. The fourth-order valence-electron chi connectivity index (χ4n) is 3.64. The van der Waals surface area contributed by atoms with Crippen LogP contribution in [-0.2, 0) is 19.0 Å². The van der Waals surface area contributed by atoms with Gasteiger partial charge in [-0.15, -0.1) is 0 Å². The summed E-state index contributed by atoms with van der Waals surface area (Å²) in [7, 11) is 0. The van der Waals surface area contributed by atoms with Crippen molar-refractivity contribution in [2.75, 3.05) is 19.8 Å². The summed E-state index contributed by atoms with van der Waals surface area (Å²) in [6.45, 7) is 6.13. The minimum atomic E-state index is -0.552. The molecule has 0 N–H and O–H groups in total. The lowest BCUT2D eigenvalue weighted by molar-refractivity contribution is -0.268. The lowest BCUT2D eigenvalue weighted by atomic mass is 9.64. The molecule has 1 unspecified atom stereocenters. The average Bonchev–Trinajstić information content (AvgIpc) is 2.84.